The molecule has 0 aromatic heterocycles. The van der Waals surface area contributed by atoms with Crippen LogP contribution in [-0.4, -0.2) is 5.60 Å². The molecular formula is C22H24O2. The van der Waals surface area contributed by atoms with E-state index < -0.39 is 5.60 Å². The summed E-state index contributed by atoms with van der Waals surface area (Å²) in [6, 6.07) is 10.2. The summed E-state index contributed by atoms with van der Waals surface area (Å²) in [4.78, 5) is 0. The van der Waals surface area contributed by atoms with Crippen molar-refractivity contribution in [1.82, 2.24) is 0 Å². The molecule has 1 aliphatic rings. The van der Waals surface area contributed by atoms with Gasteiger partial charge in [0.25, 0.3) is 0 Å². The Balaban J connectivity index is 1.96. The minimum Gasteiger partial charge on any atom is -0.488 e. The van der Waals surface area contributed by atoms with E-state index in [2.05, 4.69) is 38.8 Å². The molecule has 0 N–H and O–H groups in total. The van der Waals surface area contributed by atoms with Crippen molar-refractivity contribution in [3.8, 4) is 23.8 Å². The Morgan fingerprint density at radius 3 is 2.50 bits per heavy atom. The molecule has 2 aromatic carbocycles. The van der Waals surface area contributed by atoms with Gasteiger partial charge in [0.15, 0.2) is 5.60 Å². The average molecular weight is 320 g/mol. The van der Waals surface area contributed by atoms with Crippen LogP contribution < -0.4 is 9.47 Å². The Labute approximate surface area is 144 Å². The summed E-state index contributed by atoms with van der Waals surface area (Å²) in [5, 5.41) is 0. The summed E-state index contributed by atoms with van der Waals surface area (Å²) >= 11 is 0. The number of fused-ring (bicyclic) bond motifs is 1. The highest BCUT2D eigenvalue weighted by molar-refractivity contribution is 5.59. The largest absolute Gasteiger partial charge is 0.488 e. The van der Waals surface area contributed by atoms with Gasteiger partial charge >= 0.3 is 0 Å². The maximum absolute atomic E-state index is 6.19. The van der Waals surface area contributed by atoms with Crippen LogP contribution in [0.5, 0.6) is 11.5 Å². The van der Waals surface area contributed by atoms with E-state index in [1.807, 2.05) is 25.1 Å². The summed E-state index contributed by atoms with van der Waals surface area (Å²) in [5.41, 5.74) is 5.31. The van der Waals surface area contributed by atoms with Gasteiger partial charge in [-0.15, -0.1) is 6.42 Å². The molecule has 0 amide bonds. The Morgan fingerprint density at radius 1 is 1.12 bits per heavy atom. The third-order valence-corrected chi connectivity index (χ3v) is 5.02. The van der Waals surface area contributed by atoms with Gasteiger partial charge < -0.3 is 9.47 Å². The molecular weight excluding hydrogens is 296 g/mol. The average Bonchev–Trinajstić information content (AvgIpc) is 2.60. The lowest BCUT2D eigenvalue weighted by molar-refractivity contribution is 0.122. The van der Waals surface area contributed by atoms with E-state index in [9.17, 15) is 0 Å². The predicted molar refractivity (Wildman–Crippen MR) is 97.6 cm³/mol. The van der Waals surface area contributed by atoms with Crippen molar-refractivity contribution < 1.29 is 9.47 Å². The first-order valence-electron chi connectivity index (χ1n) is 8.41. The van der Waals surface area contributed by atoms with Gasteiger partial charge in [-0.1, -0.05) is 36.3 Å². The summed E-state index contributed by atoms with van der Waals surface area (Å²) in [5.74, 6) is 4.72. The molecule has 1 aliphatic heterocycles. The molecule has 1 atom stereocenters. The van der Waals surface area contributed by atoms with Crippen molar-refractivity contribution >= 4 is 0 Å². The zero-order valence-corrected chi connectivity index (χ0v) is 14.9. The van der Waals surface area contributed by atoms with E-state index in [0.717, 1.165) is 35.5 Å². The Hall–Kier alpha value is -2.40. The van der Waals surface area contributed by atoms with Crippen LogP contribution in [0.15, 0.2) is 30.3 Å². The first-order valence-corrected chi connectivity index (χ1v) is 8.41. The van der Waals surface area contributed by atoms with E-state index in [1.54, 1.807) is 0 Å². The van der Waals surface area contributed by atoms with Gasteiger partial charge in [-0.05, 0) is 56.4 Å². The van der Waals surface area contributed by atoms with Gasteiger partial charge in [0.05, 0.1) is 0 Å². The van der Waals surface area contributed by atoms with Crippen LogP contribution in [0, 0.1) is 33.1 Å². The summed E-state index contributed by atoms with van der Waals surface area (Å²) in [6.07, 6.45) is 7.42. The molecule has 0 bridgehead atoms. The second-order valence-electron chi connectivity index (χ2n) is 6.76. The first-order chi connectivity index (χ1) is 11.4. The van der Waals surface area contributed by atoms with Crippen LogP contribution in [0.1, 0.15) is 41.2 Å². The number of hydrogen-bond donors (Lipinski definition) is 0. The molecule has 0 unspecified atom stereocenters. The van der Waals surface area contributed by atoms with E-state index in [4.69, 9.17) is 15.9 Å². The molecule has 3 rings (SSSR count). The highest BCUT2D eigenvalue weighted by Crippen LogP contribution is 2.43. The maximum atomic E-state index is 6.19. The number of terminal acetylenes is 1. The van der Waals surface area contributed by atoms with Crippen LogP contribution in [-0.2, 0) is 13.0 Å². The zero-order chi connectivity index (χ0) is 17.3. The second-order valence-corrected chi connectivity index (χ2v) is 6.76. The predicted octanol–water partition coefficient (Wildman–Crippen LogP) is 4.91. The molecule has 124 valence electrons. The van der Waals surface area contributed by atoms with Gasteiger partial charge in [-0.2, -0.15) is 0 Å². The van der Waals surface area contributed by atoms with E-state index in [1.165, 1.54) is 16.7 Å². The van der Waals surface area contributed by atoms with Crippen LogP contribution in [0.3, 0.4) is 0 Å². The monoisotopic (exact) mass is 320 g/mol. The summed E-state index contributed by atoms with van der Waals surface area (Å²) in [7, 11) is 0. The summed E-state index contributed by atoms with van der Waals surface area (Å²) < 4.78 is 12.4. The minimum absolute atomic E-state index is 0.511. The number of ether oxygens (including phenoxy) is 2. The van der Waals surface area contributed by atoms with Crippen molar-refractivity contribution in [2.24, 2.45) is 0 Å². The van der Waals surface area contributed by atoms with Crippen LogP contribution in [0.4, 0.5) is 0 Å². The van der Waals surface area contributed by atoms with Crippen molar-refractivity contribution in [2.75, 3.05) is 0 Å². The van der Waals surface area contributed by atoms with Crippen LogP contribution in [0.25, 0.3) is 0 Å². The number of hydrogen-bond acceptors (Lipinski definition) is 2. The topological polar surface area (TPSA) is 18.5 Å². The standard InChI is InChI=1S/C22H24O2/c1-6-22(5)13-12-19-17(4)20(15(2)16(3)21(19)24-22)23-14-18-10-8-7-9-11-18/h1,7-11H,12-14H2,2-5H3/t22-/m0/s1. The number of benzene rings is 2. The molecule has 0 saturated heterocycles. The number of rotatable bonds is 3. The molecule has 0 aliphatic carbocycles. The fraction of sp³-hybridized carbons (Fsp3) is 0.364. The first kappa shape index (κ1) is 16.5. The smallest absolute Gasteiger partial charge is 0.166 e. The van der Waals surface area contributed by atoms with Gasteiger partial charge in [0.1, 0.15) is 18.1 Å². The van der Waals surface area contributed by atoms with Crippen LogP contribution >= 0.6 is 0 Å². The highest BCUT2D eigenvalue weighted by Gasteiger charge is 2.33. The Morgan fingerprint density at radius 2 is 1.83 bits per heavy atom. The van der Waals surface area contributed by atoms with Crippen molar-refractivity contribution in [1.29, 1.82) is 0 Å². The minimum atomic E-state index is -0.511. The lowest BCUT2D eigenvalue weighted by Gasteiger charge is -2.34. The molecule has 2 nitrogen and oxygen atoms in total. The van der Waals surface area contributed by atoms with Crippen molar-refractivity contribution in [3.63, 3.8) is 0 Å². The van der Waals surface area contributed by atoms with E-state index in [-0.39, 0.29) is 0 Å². The van der Waals surface area contributed by atoms with Gasteiger partial charge in [0, 0.05) is 12.0 Å². The van der Waals surface area contributed by atoms with Gasteiger partial charge in [-0.25, -0.2) is 0 Å². The molecule has 0 saturated carbocycles. The molecule has 2 heteroatoms. The fourth-order valence-electron chi connectivity index (χ4n) is 3.28. The molecule has 0 radical (unpaired) electrons. The fourth-order valence-corrected chi connectivity index (χ4v) is 3.28. The molecule has 1 heterocycles. The van der Waals surface area contributed by atoms with Gasteiger partial charge in [0.2, 0.25) is 0 Å². The quantitative estimate of drug-likeness (QED) is 0.748. The lowest BCUT2D eigenvalue weighted by Crippen LogP contribution is -2.35. The Kier molecular flexibility index (Phi) is 4.28. The SMILES string of the molecule is C#C[C@@]1(C)CCc2c(C)c(OCc3ccccc3)c(C)c(C)c2O1. The third kappa shape index (κ3) is 2.87. The van der Waals surface area contributed by atoms with E-state index >= 15 is 0 Å². The van der Waals surface area contributed by atoms with E-state index in [0.29, 0.717) is 6.61 Å². The maximum Gasteiger partial charge on any atom is 0.166 e. The molecule has 24 heavy (non-hydrogen) atoms. The molecule has 0 fully saturated rings. The second kappa shape index (κ2) is 6.24. The third-order valence-electron chi connectivity index (χ3n) is 5.02. The molecule has 0 spiro atoms. The van der Waals surface area contributed by atoms with Crippen molar-refractivity contribution in [3.05, 3.63) is 58.1 Å². The normalized spacial score (nSPS) is 19.1. The Bertz CT molecular complexity index is 799. The lowest BCUT2D eigenvalue weighted by atomic mass is 9.87. The highest BCUT2D eigenvalue weighted by atomic mass is 16.5. The van der Waals surface area contributed by atoms with Crippen LogP contribution in [0.2, 0.25) is 0 Å². The van der Waals surface area contributed by atoms with Gasteiger partial charge in [-0.3, -0.25) is 0 Å². The molecule has 2 aromatic rings. The zero-order valence-electron chi connectivity index (χ0n) is 14.9. The van der Waals surface area contributed by atoms with Crippen molar-refractivity contribution in [2.45, 2.75) is 52.7 Å². The summed E-state index contributed by atoms with van der Waals surface area (Å²) in [6.45, 7) is 8.86.